The lowest BCUT2D eigenvalue weighted by molar-refractivity contribution is 0.241. The smallest absolute Gasteiger partial charge is 0.222 e. The van der Waals surface area contributed by atoms with Crippen molar-refractivity contribution in [3.63, 3.8) is 0 Å². The first kappa shape index (κ1) is 19.2. The SMILES string of the molecule is COc1cc2c(cc1OC)CN(Cc1coc(C3=CC4=CC=CCC4CC3)n1)CC2. The summed E-state index contributed by atoms with van der Waals surface area (Å²) < 4.78 is 16.8. The quantitative estimate of drug-likeness (QED) is 0.707. The maximum Gasteiger partial charge on any atom is 0.222 e. The number of fused-ring (bicyclic) bond motifs is 2. The van der Waals surface area contributed by atoms with Gasteiger partial charge in [0.15, 0.2) is 11.5 Å². The molecule has 0 bridgehead atoms. The molecule has 2 aliphatic carbocycles. The van der Waals surface area contributed by atoms with E-state index in [0.29, 0.717) is 5.92 Å². The molecule has 0 radical (unpaired) electrons. The van der Waals surface area contributed by atoms with Gasteiger partial charge >= 0.3 is 0 Å². The molecule has 156 valence electrons. The normalized spacial score (nSPS) is 20.8. The number of hydrogen-bond acceptors (Lipinski definition) is 5. The molecule has 30 heavy (non-hydrogen) atoms. The van der Waals surface area contributed by atoms with Gasteiger partial charge in [-0.05, 0) is 60.4 Å². The first-order valence-corrected chi connectivity index (χ1v) is 10.7. The van der Waals surface area contributed by atoms with E-state index in [4.69, 9.17) is 18.9 Å². The van der Waals surface area contributed by atoms with Crippen molar-refractivity contribution in [1.82, 2.24) is 9.88 Å². The van der Waals surface area contributed by atoms with Crippen LogP contribution >= 0.6 is 0 Å². The zero-order valence-electron chi connectivity index (χ0n) is 17.7. The Balaban J connectivity index is 1.29. The van der Waals surface area contributed by atoms with Gasteiger partial charge in [-0.15, -0.1) is 0 Å². The number of ether oxygens (including phenoxy) is 2. The van der Waals surface area contributed by atoms with Gasteiger partial charge in [-0.25, -0.2) is 4.98 Å². The van der Waals surface area contributed by atoms with E-state index >= 15 is 0 Å². The van der Waals surface area contributed by atoms with Crippen LogP contribution in [0.5, 0.6) is 11.5 Å². The zero-order valence-corrected chi connectivity index (χ0v) is 17.7. The minimum Gasteiger partial charge on any atom is -0.493 e. The van der Waals surface area contributed by atoms with Crippen LogP contribution in [0.15, 0.2) is 52.7 Å². The molecule has 0 saturated heterocycles. The number of rotatable bonds is 5. The summed E-state index contributed by atoms with van der Waals surface area (Å²) in [5.41, 5.74) is 6.26. The lowest BCUT2D eigenvalue weighted by Crippen LogP contribution is -2.30. The third kappa shape index (κ3) is 3.70. The first-order chi connectivity index (χ1) is 14.7. The average Bonchev–Trinajstić information content (AvgIpc) is 3.26. The van der Waals surface area contributed by atoms with Crippen LogP contribution in [-0.2, 0) is 19.5 Å². The van der Waals surface area contributed by atoms with Crippen molar-refractivity contribution < 1.29 is 13.9 Å². The predicted octanol–water partition coefficient (Wildman–Crippen LogP) is 4.93. The summed E-state index contributed by atoms with van der Waals surface area (Å²) in [6.45, 7) is 2.66. The number of oxazole rings is 1. The van der Waals surface area contributed by atoms with E-state index in [1.54, 1.807) is 14.2 Å². The molecule has 1 aromatic heterocycles. The molecule has 3 aliphatic rings. The van der Waals surface area contributed by atoms with Crippen molar-refractivity contribution in [2.75, 3.05) is 20.8 Å². The molecular weight excluding hydrogens is 376 g/mol. The van der Waals surface area contributed by atoms with E-state index in [1.165, 1.54) is 28.7 Å². The van der Waals surface area contributed by atoms with Crippen LogP contribution in [-0.4, -0.2) is 30.6 Å². The lowest BCUT2D eigenvalue weighted by atomic mass is 9.81. The molecule has 0 N–H and O–H groups in total. The van der Waals surface area contributed by atoms with Crippen molar-refractivity contribution in [1.29, 1.82) is 0 Å². The highest BCUT2D eigenvalue weighted by Crippen LogP contribution is 2.37. The highest BCUT2D eigenvalue weighted by Gasteiger charge is 2.24. The zero-order chi connectivity index (χ0) is 20.5. The van der Waals surface area contributed by atoms with Crippen LogP contribution in [0.4, 0.5) is 0 Å². The monoisotopic (exact) mass is 404 g/mol. The van der Waals surface area contributed by atoms with Gasteiger partial charge in [0, 0.05) is 25.2 Å². The van der Waals surface area contributed by atoms with E-state index in [9.17, 15) is 0 Å². The van der Waals surface area contributed by atoms with Crippen LogP contribution < -0.4 is 9.47 Å². The van der Waals surface area contributed by atoms with Gasteiger partial charge in [-0.1, -0.05) is 24.3 Å². The third-order valence-electron chi connectivity index (χ3n) is 6.43. The molecule has 0 saturated carbocycles. The molecule has 0 spiro atoms. The van der Waals surface area contributed by atoms with Crippen molar-refractivity contribution in [3.8, 4) is 11.5 Å². The molecule has 1 aliphatic heterocycles. The molecule has 5 nitrogen and oxygen atoms in total. The summed E-state index contributed by atoms with van der Waals surface area (Å²) >= 11 is 0. The van der Waals surface area contributed by atoms with Gasteiger partial charge in [0.25, 0.3) is 0 Å². The third-order valence-corrected chi connectivity index (χ3v) is 6.43. The van der Waals surface area contributed by atoms with E-state index in [1.807, 2.05) is 6.26 Å². The molecule has 2 heterocycles. The van der Waals surface area contributed by atoms with Crippen LogP contribution in [0.2, 0.25) is 0 Å². The van der Waals surface area contributed by atoms with Crippen LogP contribution in [0.3, 0.4) is 0 Å². The van der Waals surface area contributed by atoms with E-state index in [2.05, 4.69) is 41.3 Å². The van der Waals surface area contributed by atoms with Crippen molar-refractivity contribution in [3.05, 3.63) is 71.0 Å². The van der Waals surface area contributed by atoms with Crippen molar-refractivity contribution in [2.24, 2.45) is 5.92 Å². The Kier molecular flexibility index (Phi) is 5.21. The van der Waals surface area contributed by atoms with Gasteiger partial charge in [-0.3, -0.25) is 4.90 Å². The van der Waals surface area contributed by atoms with Gasteiger partial charge < -0.3 is 13.9 Å². The summed E-state index contributed by atoms with van der Waals surface area (Å²) in [5.74, 6) is 3.04. The highest BCUT2D eigenvalue weighted by atomic mass is 16.5. The van der Waals surface area contributed by atoms with Gasteiger partial charge in [0.2, 0.25) is 5.89 Å². The predicted molar refractivity (Wildman–Crippen MR) is 116 cm³/mol. The molecule has 5 heteroatoms. The fourth-order valence-corrected chi connectivity index (χ4v) is 4.75. The molecule has 1 unspecified atom stereocenters. The fraction of sp³-hybridized carbons (Fsp3) is 0.400. The Morgan fingerprint density at radius 1 is 1.13 bits per heavy atom. The standard InChI is InChI=1S/C25H28N2O3/c1-28-23-12-19-9-10-27(14-21(19)13-24(23)29-2)15-22-16-30-25(26-22)20-8-7-17-5-3-4-6-18(17)11-20/h3-4,6,11-13,16-17H,5,7-10,14-15H2,1-2H3. The van der Waals surface area contributed by atoms with Crippen molar-refractivity contribution >= 4 is 5.57 Å². The number of nitrogens with zero attached hydrogens (tertiary/aromatic N) is 2. The second-order valence-electron chi connectivity index (χ2n) is 8.32. The van der Waals surface area contributed by atoms with Crippen LogP contribution in [0.25, 0.3) is 5.57 Å². The largest absolute Gasteiger partial charge is 0.493 e. The molecule has 1 aromatic carbocycles. The Morgan fingerprint density at radius 3 is 2.80 bits per heavy atom. The summed E-state index contributed by atoms with van der Waals surface area (Å²) in [6.07, 6.45) is 15.1. The maximum atomic E-state index is 5.87. The highest BCUT2D eigenvalue weighted by molar-refractivity contribution is 5.64. The Morgan fingerprint density at radius 2 is 1.97 bits per heavy atom. The lowest BCUT2D eigenvalue weighted by Gasteiger charge is -2.28. The Hall–Kier alpha value is -2.79. The minimum absolute atomic E-state index is 0.664. The van der Waals surface area contributed by atoms with E-state index in [0.717, 1.165) is 62.0 Å². The minimum atomic E-state index is 0.664. The molecule has 0 amide bonds. The van der Waals surface area contributed by atoms with Crippen molar-refractivity contribution in [2.45, 2.75) is 38.8 Å². The molecule has 1 atom stereocenters. The Labute approximate surface area is 177 Å². The number of allylic oxidation sites excluding steroid dienone is 6. The second-order valence-corrected chi connectivity index (χ2v) is 8.32. The molecule has 5 rings (SSSR count). The molecular formula is C25H28N2O3. The first-order valence-electron chi connectivity index (χ1n) is 10.7. The molecule has 0 fully saturated rings. The average molecular weight is 405 g/mol. The number of methoxy groups -OCH3 is 2. The van der Waals surface area contributed by atoms with Gasteiger partial charge in [0.1, 0.15) is 6.26 Å². The maximum absolute atomic E-state index is 5.87. The summed E-state index contributed by atoms with van der Waals surface area (Å²) in [7, 11) is 3.37. The van der Waals surface area contributed by atoms with Gasteiger partial charge in [0.05, 0.1) is 19.9 Å². The number of hydrogen-bond donors (Lipinski definition) is 0. The number of aromatic nitrogens is 1. The van der Waals surface area contributed by atoms with Crippen LogP contribution in [0, 0.1) is 5.92 Å². The Bertz CT molecular complexity index is 1030. The van der Waals surface area contributed by atoms with Crippen LogP contribution in [0.1, 0.15) is 42.0 Å². The summed E-state index contributed by atoms with van der Waals surface area (Å²) in [4.78, 5) is 7.23. The fourth-order valence-electron chi connectivity index (χ4n) is 4.75. The van der Waals surface area contributed by atoms with E-state index < -0.39 is 0 Å². The number of benzene rings is 1. The topological polar surface area (TPSA) is 47.7 Å². The van der Waals surface area contributed by atoms with Gasteiger partial charge in [-0.2, -0.15) is 0 Å². The second kappa shape index (κ2) is 8.15. The summed E-state index contributed by atoms with van der Waals surface area (Å²) in [5, 5.41) is 0. The van der Waals surface area contributed by atoms with E-state index in [-0.39, 0.29) is 0 Å². The summed E-state index contributed by atoms with van der Waals surface area (Å²) in [6, 6.07) is 4.21. The molecule has 2 aromatic rings.